The number of hydrogen-bond donors (Lipinski definition) is 2. The second-order valence-corrected chi connectivity index (χ2v) is 3.65. The molecule has 3 N–H and O–H groups in total. The van der Waals surface area contributed by atoms with Crippen LogP contribution in [0.2, 0.25) is 0 Å². The molecule has 0 amide bonds. The lowest BCUT2D eigenvalue weighted by molar-refractivity contribution is 0.510. The first-order chi connectivity index (χ1) is 8.66. The number of imidazole rings is 1. The van der Waals surface area contributed by atoms with Gasteiger partial charge in [0.25, 0.3) is 0 Å². The van der Waals surface area contributed by atoms with Gasteiger partial charge in [0.2, 0.25) is 0 Å². The van der Waals surface area contributed by atoms with Crippen molar-refractivity contribution in [1.82, 2.24) is 20.2 Å². The Hall–Kier alpha value is -2.57. The Kier molecular flexibility index (Phi) is 2.19. The summed E-state index contributed by atoms with van der Waals surface area (Å²) in [6.45, 7) is 0. The summed E-state index contributed by atoms with van der Waals surface area (Å²) in [5, 5.41) is 6.29. The van der Waals surface area contributed by atoms with Crippen LogP contribution in [0.25, 0.3) is 22.8 Å². The molecule has 5 nitrogen and oxygen atoms in total. The van der Waals surface area contributed by atoms with Gasteiger partial charge in [0.05, 0.1) is 5.56 Å². The number of halogens is 2. The molecular weight excluding hydrogens is 240 g/mol. The fraction of sp³-hybridized carbons (Fsp3) is 0. The molecule has 7 heteroatoms. The topological polar surface area (TPSA) is 80.5 Å². The third-order valence-electron chi connectivity index (χ3n) is 2.51. The third kappa shape index (κ3) is 1.48. The molecule has 0 aliphatic carbocycles. The van der Waals surface area contributed by atoms with E-state index in [0.717, 1.165) is 6.07 Å². The first-order valence-electron chi connectivity index (χ1n) is 5.08. The fourth-order valence-electron chi connectivity index (χ4n) is 1.66. The lowest BCUT2D eigenvalue weighted by Crippen LogP contribution is -1.96. The average molecular weight is 247 g/mol. The second kappa shape index (κ2) is 3.73. The van der Waals surface area contributed by atoms with E-state index in [0.29, 0.717) is 11.4 Å². The largest absolute Gasteiger partial charge is 0.380 e. The van der Waals surface area contributed by atoms with Gasteiger partial charge in [-0.1, -0.05) is 6.07 Å². The Labute approximate surface area is 100 Å². The molecule has 2 aliphatic heterocycles. The average Bonchev–Trinajstić information content (AvgIpc) is 2.78. The minimum absolute atomic E-state index is 0.00870. The van der Waals surface area contributed by atoms with Crippen molar-refractivity contribution in [3.63, 3.8) is 0 Å². The molecule has 0 atom stereocenters. The van der Waals surface area contributed by atoms with Gasteiger partial charge in [-0.2, -0.15) is 5.10 Å². The molecule has 0 saturated heterocycles. The Morgan fingerprint density at radius 2 is 2.00 bits per heavy atom. The molecule has 0 spiro atoms. The number of aromatic amines is 1. The van der Waals surface area contributed by atoms with E-state index in [2.05, 4.69) is 20.2 Å². The van der Waals surface area contributed by atoms with Gasteiger partial charge in [0.15, 0.2) is 23.3 Å². The molecule has 0 aromatic heterocycles. The van der Waals surface area contributed by atoms with Crippen LogP contribution in [-0.4, -0.2) is 20.2 Å². The van der Waals surface area contributed by atoms with Crippen molar-refractivity contribution in [1.29, 1.82) is 0 Å². The molecule has 0 saturated carbocycles. The van der Waals surface area contributed by atoms with Crippen molar-refractivity contribution in [2.45, 2.75) is 0 Å². The molecule has 0 radical (unpaired) electrons. The van der Waals surface area contributed by atoms with E-state index < -0.39 is 11.6 Å². The zero-order valence-electron chi connectivity index (χ0n) is 8.98. The maximum absolute atomic E-state index is 13.6. The minimum Gasteiger partial charge on any atom is -0.380 e. The molecule has 90 valence electrons. The van der Waals surface area contributed by atoms with Crippen LogP contribution in [0, 0.1) is 11.6 Å². The smallest absolute Gasteiger partial charge is 0.172 e. The van der Waals surface area contributed by atoms with E-state index in [-0.39, 0.29) is 17.2 Å². The maximum atomic E-state index is 13.6. The number of benzene rings is 1. The normalized spacial score (nSPS) is 11.0. The van der Waals surface area contributed by atoms with Gasteiger partial charge in [-0.3, -0.25) is 5.10 Å². The van der Waals surface area contributed by atoms with Gasteiger partial charge in [0.1, 0.15) is 11.4 Å². The van der Waals surface area contributed by atoms with Gasteiger partial charge < -0.3 is 5.73 Å². The quantitative estimate of drug-likeness (QED) is 0.687. The van der Waals surface area contributed by atoms with Crippen LogP contribution in [-0.2, 0) is 0 Å². The number of H-pyrrole nitrogens is 1. The van der Waals surface area contributed by atoms with Crippen molar-refractivity contribution in [2.75, 3.05) is 5.73 Å². The van der Waals surface area contributed by atoms with Gasteiger partial charge in [-0.05, 0) is 12.1 Å². The van der Waals surface area contributed by atoms with Crippen molar-refractivity contribution in [2.24, 2.45) is 0 Å². The molecule has 0 unspecified atom stereocenters. The summed E-state index contributed by atoms with van der Waals surface area (Å²) in [6, 6.07) is 3.83. The number of fused-ring (bicyclic) bond motifs is 1. The van der Waals surface area contributed by atoms with Gasteiger partial charge >= 0.3 is 0 Å². The fourth-order valence-corrected chi connectivity index (χ4v) is 1.66. The van der Waals surface area contributed by atoms with E-state index in [1.807, 2.05) is 0 Å². The van der Waals surface area contributed by atoms with E-state index in [4.69, 9.17) is 5.73 Å². The standard InChI is InChI=1S/C11H7F2N5/c12-6-3-1-2-5(8(6)13)11-16-7-4-15-18-10(14)9(7)17-11/h1-4,15H,(H2,14,18). The number of nitrogens with one attached hydrogen (secondary N) is 1. The Morgan fingerprint density at radius 1 is 1.17 bits per heavy atom. The molecule has 2 aliphatic rings. The summed E-state index contributed by atoms with van der Waals surface area (Å²) in [7, 11) is 0. The highest BCUT2D eigenvalue weighted by Crippen LogP contribution is 2.28. The zero-order valence-corrected chi connectivity index (χ0v) is 8.98. The summed E-state index contributed by atoms with van der Waals surface area (Å²) in [6.07, 6.45) is 1.49. The summed E-state index contributed by atoms with van der Waals surface area (Å²) >= 11 is 0. The molecule has 1 aromatic rings. The predicted molar refractivity (Wildman–Crippen MR) is 60.6 cm³/mol. The van der Waals surface area contributed by atoms with E-state index in [1.54, 1.807) is 0 Å². The van der Waals surface area contributed by atoms with Crippen molar-refractivity contribution in [3.8, 4) is 22.8 Å². The van der Waals surface area contributed by atoms with Crippen LogP contribution in [0.1, 0.15) is 0 Å². The third-order valence-corrected chi connectivity index (χ3v) is 2.51. The van der Waals surface area contributed by atoms with Crippen LogP contribution >= 0.6 is 0 Å². The molecule has 0 fully saturated rings. The Balaban J connectivity index is 2.24. The van der Waals surface area contributed by atoms with Crippen LogP contribution in [0.3, 0.4) is 0 Å². The number of rotatable bonds is 1. The number of hydrogen-bond acceptors (Lipinski definition) is 4. The predicted octanol–water partition coefficient (Wildman–Crippen LogP) is 1.83. The minimum atomic E-state index is -0.983. The Morgan fingerprint density at radius 3 is 2.78 bits per heavy atom. The molecular formula is C11H7F2N5. The first kappa shape index (κ1) is 10.6. The number of nitrogens with zero attached hydrogens (tertiary/aromatic N) is 3. The summed E-state index contributed by atoms with van der Waals surface area (Å²) in [4.78, 5) is 8.14. The number of nitrogen functional groups attached to an aromatic ring is 1. The van der Waals surface area contributed by atoms with Gasteiger partial charge in [-0.25, -0.2) is 18.7 Å². The van der Waals surface area contributed by atoms with Crippen LogP contribution in [0.5, 0.6) is 0 Å². The lowest BCUT2D eigenvalue weighted by atomic mass is 10.2. The van der Waals surface area contributed by atoms with Gasteiger partial charge in [0, 0.05) is 6.20 Å². The summed E-state index contributed by atoms with van der Waals surface area (Å²) < 4.78 is 26.7. The summed E-state index contributed by atoms with van der Waals surface area (Å²) in [5.74, 6) is -1.69. The van der Waals surface area contributed by atoms with E-state index in [9.17, 15) is 8.78 Å². The molecule has 2 heterocycles. The molecule has 18 heavy (non-hydrogen) atoms. The molecule has 1 aromatic carbocycles. The summed E-state index contributed by atoms with van der Waals surface area (Å²) in [5.41, 5.74) is 6.39. The monoisotopic (exact) mass is 247 g/mol. The zero-order chi connectivity index (χ0) is 12.7. The van der Waals surface area contributed by atoms with E-state index in [1.165, 1.54) is 18.3 Å². The van der Waals surface area contributed by atoms with Crippen molar-refractivity contribution < 1.29 is 8.78 Å². The van der Waals surface area contributed by atoms with Crippen molar-refractivity contribution >= 4 is 5.82 Å². The maximum Gasteiger partial charge on any atom is 0.172 e. The first-order valence-corrected chi connectivity index (χ1v) is 5.08. The molecule has 0 bridgehead atoms. The van der Waals surface area contributed by atoms with Crippen LogP contribution < -0.4 is 5.73 Å². The highest BCUT2D eigenvalue weighted by atomic mass is 19.2. The van der Waals surface area contributed by atoms with Crippen molar-refractivity contribution in [3.05, 3.63) is 36.0 Å². The SMILES string of the molecule is Nc1n[nH]cc2nc(-c3cccc(F)c3F)nc1-2. The van der Waals surface area contributed by atoms with Gasteiger partial charge in [-0.15, -0.1) is 0 Å². The van der Waals surface area contributed by atoms with Crippen LogP contribution in [0.15, 0.2) is 24.4 Å². The van der Waals surface area contributed by atoms with E-state index >= 15 is 0 Å². The number of aromatic nitrogens is 4. The van der Waals surface area contributed by atoms with Crippen LogP contribution in [0.4, 0.5) is 14.6 Å². The second-order valence-electron chi connectivity index (χ2n) is 3.65. The number of anilines is 1. The lowest BCUT2D eigenvalue weighted by Gasteiger charge is -1.98. The Bertz CT molecular complexity index is 694. The highest BCUT2D eigenvalue weighted by molar-refractivity contribution is 5.72. The molecule has 3 rings (SSSR count). The number of nitrogens with two attached hydrogens (primary N) is 1. The highest BCUT2D eigenvalue weighted by Gasteiger charge is 2.19.